The van der Waals surface area contributed by atoms with Crippen LogP contribution in [0.2, 0.25) is 5.02 Å². The van der Waals surface area contributed by atoms with Crippen molar-refractivity contribution in [1.29, 1.82) is 0 Å². The maximum Gasteiger partial charge on any atom is 0.150 e. The molecule has 0 fully saturated rings. The number of nitrogens with zero attached hydrogens (tertiary/aromatic N) is 2. The molecule has 0 saturated heterocycles. The van der Waals surface area contributed by atoms with E-state index in [1.165, 1.54) is 16.9 Å². The zero-order valence-electron chi connectivity index (χ0n) is 8.74. The molecule has 0 radical (unpaired) electrons. The smallest absolute Gasteiger partial charge is 0.150 e. The molecular formula is C11H11ClFN3. The molecule has 0 aliphatic rings. The molecule has 0 unspecified atom stereocenters. The molecule has 2 aromatic rings. The van der Waals surface area contributed by atoms with E-state index >= 15 is 0 Å². The minimum Gasteiger partial charge on any atom is -0.396 e. The molecule has 0 aliphatic carbocycles. The number of halogens is 2. The average Bonchev–Trinajstić information content (AvgIpc) is 2.59. The topological polar surface area (TPSA) is 43.8 Å². The number of hydrogen-bond donors (Lipinski definition) is 1. The minimum atomic E-state index is -0.412. The summed E-state index contributed by atoms with van der Waals surface area (Å²) in [7, 11) is 0. The summed E-state index contributed by atoms with van der Waals surface area (Å²) in [5, 5.41) is 4.36. The lowest BCUT2D eigenvalue weighted by atomic mass is 10.2. The molecule has 0 atom stereocenters. The van der Waals surface area contributed by atoms with Crippen molar-refractivity contribution in [3.8, 4) is 5.69 Å². The van der Waals surface area contributed by atoms with E-state index in [2.05, 4.69) is 5.10 Å². The minimum absolute atomic E-state index is 0.248. The monoisotopic (exact) mass is 239 g/mol. The highest BCUT2D eigenvalue weighted by atomic mass is 35.5. The highest BCUT2D eigenvalue weighted by molar-refractivity contribution is 6.32. The number of anilines is 1. The summed E-state index contributed by atoms with van der Waals surface area (Å²) in [6.45, 7) is 1.93. The van der Waals surface area contributed by atoms with Gasteiger partial charge in [0.15, 0.2) is 0 Å². The number of hydrogen-bond acceptors (Lipinski definition) is 2. The fraction of sp³-hybridized carbons (Fsp3) is 0.182. The molecule has 1 aromatic carbocycles. The zero-order chi connectivity index (χ0) is 11.7. The Balaban J connectivity index is 2.67. The number of rotatable bonds is 2. The van der Waals surface area contributed by atoms with Crippen LogP contribution >= 0.6 is 11.6 Å². The summed E-state index contributed by atoms with van der Waals surface area (Å²) in [5.41, 5.74) is 7.29. The number of benzene rings is 1. The van der Waals surface area contributed by atoms with Gasteiger partial charge in [0, 0.05) is 0 Å². The Morgan fingerprint density at radius 1 is 1.50 bits per heavy atom. The maximum atomic E-state index is 13.7. The van der Waals surface area contributed by atoms with Crippen molar-refractivity contribution in [2.45, 2.75) is 13.3 Å². The second-order valence-electron chi connectivity index (χ2n) is 3.38. The van der Waals surface area contributed by atoms with E-state index in [9.17, 15) is 4.39 Å². The third kappa shape index (κ3) is 1.65. The molecule has 0 bridgehead atoms. The van der Waals surface area contributed by atoms with Gasteiger partial charge in [-0.1, -0.05) is 24.6 Å². The lowest BCUT2D eigenvalue weighted by molar-refractivity contribution is 0.607. The van der Waals surface area contributed by atoms with Crippen molar-refractivity contribution >= 4 is 17.3 Å². The van der Waals surface area contributed by atoms with Crippen LogP contribution in [-0.4, -0.2) is 9.78 Å². The van der Waals surface area contributed by atoms with Crippen molar-refractivity contribution < 1.29 is 4.39 Å². The molecule has 84 valence electrons. The fourth-order valence-electron chi connectivity index (χ4n) is 1.62. The summed E-state index contributed by atoms with van der Waals surface area (Å²) >= 11 is 5.96. The van der Waals surface area contributed by atoms with Crippen molar-refractivity contribution in [2.75, 3.05) is 5.73 Å². The molecule has 3 nitrogen and oxygen atoms in total. The predicted octanol–water partition coefficient (Wildman–Crippen LogP) is 2.81. The summed E-state index contributed by atoms with van der Waals surface area (Å²) in [4.78, 5) is 0. The van der Waals surface area contributed by atoms with Crippen LogP contribution in [0, 0.1) is 5.82 Å². The summed E-state index contributed by atoms with van der Waals surface area (Å²) in [5.74, 6) is -0.412. The number of para-hydroxylation sites is 1. The number of aromatic nitrogens is 2. The van der Waals surface area contributed by atoms with Crippen LogP contribution in [0.3, 0.4) is 0 Å². The van der Waals surface area contributed by atoms with Crippen LogP contribution in [0.1, 0.15) is 12.6 Å². The van der Waals surface area contributed by atoms with E-state index in [0.29, 0.717) is 17.1 Å². The molecule has 0 amide bonds. The first-order valence-corrected chi connectivity index (χ1v) is 5.29. The van der Waals surface area contributed by atoms with Gasteiger partial charge in [-0.15, -0.1) is 0 Å². The van der Waals surface area contributed by atoms with Gasteiger partial charge in [0.05, 0.1) is 22.6 Å². The van der Waals surface area contributed by atoms with E-state index in [-0.39, 0.29) is 5.69 Å². The zero-order valence-corrected chi connectivity index (χ0v) is 9.50. The van der Waals surface area contributed by atoms with E-state index in [4.69, 9.17) is 17.3 Å². The molecule has 1 aromatic heterocycles. The summed E-state index contributed by atoms with van der Waals surface area (Å²) < 4.78 is 15.1. The SMILES string of the molecule is CCc1c(N)cnn1-c1c(F)cccc1Cl. The third-order valence-electron chi connectivity index (χ3n) is 2.39. The van der Waals surface area contributed by atoms with Gasteiger partial charge in [0.1, 0.15) is 11.5 Å². The summed E-state index contributed by atoms with van der Waals surface area (Å²) in [6.07, 6.45) is 2.16. The normalized spacial score (nSPS) is 10.7. The molecule has 0 aliphatic heterocycles. The molecule has 16 heavy (non-hydrogen) atoms. The Bertz CT molecular complexity index is 502. The van der Waals surface area contributed by atoms with Gasteiger partial charge in [-0.2, -0.15) is 5.10 Å². The van der Waals surface area contributed by atoms with Crippen LogP contribution in [0.15, 0.2) is 24.4 Å². The first kappa shape index (κ1) is 11.0. The van der Waals surface area contributed by atoms with Crippen molar-refractivity contribution in [1.82, 2.24) is 9.78 Å². The van der Waals surface area contributed by atoms with Gasteiger partial charge in [-0.3, -0.25) is 0 Å². The second-order valence-corrected chi connectivity index (χ2v) is 3.79. The molecule has 1 heterocycles. The van der Waals surface area contributed by atoms with Crippen LogP contribution in [0.5, 0.6) is 0 Å². The second kappa shape index (κ2) is 4.14. The highest BCUT2D eigenvalue weighted by Crippen LogP contribution is 2.26. The first-order valence-electron chi connectivity index (χ1n) is 4.92. The Hall–Kier alpha value is -1.55. The van der Waals surface area contributed by atoms with Crippen molar-refractivity contribution in [3.05, 3.63) is 40.9 Å². The Morgan fingerprint density at radius 3 is 2.88 bits per heavy atom. The first-order chi connectivity index (χ1) is 7.65. The van der Waals surface area contributed by atoms with Gasteiger partial charge >= 0.3 is 0 Å². The van der Waals surface area contributed by atoms with E-state index in [1.54, 1.807) is 12.1 Å². The molecule has 0 spiro atoms. The van der Waals surface area contributed by atoms with Crippen LogP contribution in [0.4, 0.5) is 10.1 Å². The standard InChI is InChI=1S/C11H11ClFN3/c1-2-10-9(14)6-15-16(10)11-7(12)4-3-5-8(11)13/h3-6H,2,14H2,1H3. The molecular weight excluding hydrogens is 229 g/mol. The molecule has 2 N–H and O–H groups in total. The fourth-order valence-corrected chi connectivity index (χ4v) is 1.87. The average molecular weight is 240 g/mol. The molecule has 2 rings (SSSR count). The largest absolute Gasteiger partial charge is 0.396 e. The van der Waals surface area contributed by atoms with Gasteiger partial charge < -0.3 is 5.73 Å². The number of nitrogens with two attached hydrogens (primary N) is 1. The van der Waals surface area contributed by atoms with Gasteiger partial charge in [0.2, 0.25) is 0 Å². The lowest BCUT2D eigenvalue weighted by Crippen LogP contribution is -2.05. The Kier molecular flexibility index (Phi) is 2.83. The van der Waals surface area contributed by atoms with Crippen LogP contribution < -0.4 is 5.73 Å². The van der Waals surface area contributed by atoms with Crippen molar-refractivity contribution in [3.63, 3.8) is 0 Å². The van der Waals surface area contributed by atoms with E-state index in [0.717, 1.165) is 5.69 Å². The van der Waals surface area contributed by atoms with Gasteiger partial charge in [0.25, 0.3) is 0 Å². The third-order valence-corrected chi connectivity index (χ3v) is 2.69. The molecule has 0 saturated carbocycles. The molecule has 5 heteroatoms. The maximum absolute atomic E-state index is 13.7. The highest BCUT2D eigenvalue weighted by Gasteiger charge is 2.14. The van der Waals surface area contributed by atoms with Crippen LogP contribution in [0.25, 0.3) is 5.69 Å². The Morgan fingerprint density at radius 2 is 2.25 bits per heavy atom. The lowest BCUT2D eigenvalue weighted by Gasteiger charge is -2.09. The van der Waals surface area contributed by atoms with Gasteiger partial charge in [-0.05, 0) is 18.6 Å². The van der Waals surface area contributed by atoms with Gasteiger partial charge in [-0.25, -0.2) is 9.07 Å². The predicted molar refractivity (Wildman–Crippen MR) is 62.3 cm³/mol. The quantitative estimate of drug-likeness (QED) is 0.876. The summed E-state index contributed by atoms with van der Waals surface area (Å²) in [6, 6.07) is 4.52. The number of nitrogen functional groups attached to an aromatic ring is 1. The van der Waals surface area contributed by atoms with Crippen LogP contribution in [-0.2, 0) is 6.42 Å². The van der Waals surface area contributed by atoms with E-state index in [1.807, 2.05) is 6.92 Å². The Labute approximate surface area is 97.6 Å². The van der Waals surface area contributed by atoms with Crippen molar-refractivity contribution in [2.24, 2.45) is 0 Å². The van der Waals surface area contributed by atoms with E-state index < -0.39 is 5.82 Å².